The van der Waals surface area contributed by atoms with Crippen LogP contribution in [0.15, 0.2) is 24.3 Å². The zero-order chi connectivity index (χ0) is 16.6. The van der Waals surface area contributed by atoms with Crippen molar-refractivity contribution in [3.8, 4) is 0 Å². The van der Waals surface area contributed by atoms with Gasteiger partial charge in [-0.05, 0) is 43.4 Å². The van der Waals surface area contributed by atoms with Crippen LogP contribution in [0.1, 0.15) is 31.2 Å². The van der Waals surface area contributed by atoms with Crippen molar-refractivity contribution in [2.24, 2.45) is 5.41 Å². The molecule has 3 aliphatic rings. The summed E-state index contributed by atoms with van der Waals surface area (Å²) in [5.74, 6) is -0.0854. The molecule has 1 spiro atoms. The lowest BCUT2D eigenvalue weighted by molar-refractivity contribution is -0.140. The summed E-state index contributed by atoms with van der Waals surface area (Å²) < 4.78 is 24.4. The Bertz CT molecular complexity index is 604. The Balaban J connectivity index is 1.61. The van der Waals surface area contributed by atoms with Crippen molar-refractivity contribution in [2.45, 2.75) is 31.1 Å². The number of ether oxygens (including phenoxy) is 2. The topological polar surface area (TPSA) is 38.8 Å². The van der Waals surface area contributed by atoms with Gasteiger partial charge in [0.25, 0.3) is 0 Å². The summed E-state index contributed by atoms with van der Waals surface area (Å²) >= 11 is 0. The summed E-state index contributed by atoms with van der Waals surface area (Å²) in [4.78, 5) is 15.5. The van der Waals surface area contributed by atoms with Crippen molar-refractivity contribution in [3.63, 3.8) is 0 Å². The van der Waals surface area contributed by atoms with E-state index in [-0.39, 0.29) is 17.1 Å². The lowest BCUT2D eigenvalue weighted by atomic mass is 9.73. The van der Waals surface area contributed by atoms with Gasteiger partial charge in [0.1, 0.15) is 5.82 Å². The maximum Gasteiger partial charge on any atom is 0.233 e. The maximum absolute atomic E-state index is 13.5. The highest BCUT2D eigenvalue weighted by molar-refractivity contribution is 5.88. The van der Waals surface area contributed by atoms with Crippen LogP contribution in [0.5, 0.6) is 0 Å². The number of amides is 1. The van der Waals surface area contributed by atoms with Crippen molar-refractivity contribution in [1.29, 1.82) is 0 Å². The molecule has 0 unspecified atom stereocenters. The normalized spacial score (nSPS) is 29.3. The molecule has 130 valence electrons. The van der Waals surface area contributed by atoms with Gasteiger partial charge in [0, 0.05) is 38.3 Å². The quantitative estimate of drug-likeness (QED) is 0.835. The van der Waals surface area contributed by atoms with E-state index in [0.29, 0.717) is 26.1 Å². The molecule has 3 saturated heterocycles. The van der Waals surface area contributed by atoms with E-state index in [1.165, 1.54) is 12.1 Å². The van der Waals surface area contributed by atoms with Crippen LogP contribution in [-0.2, 0) is 19.7 Å². The van der Waals surface area contributed by atoms with E-state index >= 15 is 0 Å². The minimum Gasteiger partial charge on any atom is -0.381 e. The van der Waals surface area contributed by atoms with Crippen LogP contribution in [0.25, 0.3) is 0 Å². The second-order valence-corrected chi connectivity index (χ2v) is 7.48. The predicted octanol–water partition coefficient (Wildman–Crippen LogP) is 2.51. The summed E-state index contributed by atoms with van der Waals surface area (Å²) in [5.41, 5.74) is 0.503. The first kappa shape index (κ1) is 16.0. The molecule has 1 amide bonds. The lowest BCUT2D eigenvalue weighted by Crippen LogP contribution is -2.49. The molecule has 0 saturated carbocycles. The van der Waals surface area contributed by atoms with E-state index in [0.717, 1.165) is 44.7 Å². The Morgan fingerprint density at radius 3 is 2.38 bits per heavy atom. The minimum atomic E-state index is -0.572. The SMILES string of the molecule is O=C(N1CC[C@@]2(CCOC2)C1)C1(c2ccc(F)cc2)CCOCC1. The number of hydrogen-bond acceptors (Lipinski definition) is 3. The van der Waals surface area contributed by atoms with E-state index in [2.05, 4.69) is 0 Å². The number of carbonyl (C=O) groups excluding carboxylic acids is 1. The van der Waals surface area contributed by atoms with Gasteiger partial charge in [-0.25, -0.2) is 4.39 Å². The third-order valence-corrected chi connectivity index (χ3v) is 6.06. The first-order valence-electron chi connectivity index (χ1n) is 8.85. The lowest BCUT2D eigenvalue weighted by Gasteiger charge is -2.39. The standard InChI is InChI=1S/C19H24FNO3/c20-16-3-1-15(2-4-16)19(7-11-23-12-8-19)17(22)21-9-5-18(13-21)6-10-24-14-18/h1-4H,5-14H2/t18-/m1/s1. The molecule has 3 aliphatic heterocycles. The van der Waals surface area contributed by atoms with Crippen LogP contribution < -0.4 is 0 Å². The largest absolute Gasteiger partial charge is 0.381 e. The zero-order valence-corrected chi connectivity index (χ0v) is 13.9. The highest BCUT2D eigenvalue weighted by Crippen LogP contribution is 2.42. The molecule has 0 aromatic heterocycles. The Morgan fingerprint density at radius 1 is 1.00 bits per heavy atom. The molecule has 1 aromatic carbocycles. The number of halogens is 1. The maximum atomic E-state index is 13.5. The number of carbonyl (C=O) groups is 1. The Hall–Kier alpha value is -1.46. The van der Waals surface area contributed by atoms with Crippen molar-refractivity contribution >= 4 is 5.91 Å². The molecule has 0 radical (unpaired) electrons. The summed E-state index contributed by atoms with van der Waals surface area (Å²) in [6, 6.07) is 6.44. The van der Waals surface area contributed by atoms with Gasteiger partial charge in [0.05, 0.1) is 12.0 Å². The predicted molar refractivity (Wildman–Crippen MR) is 87.2 cm³/mol. The van der Waals surface area contributed by atoms with E-state index < -0.39 is 5.41 Å². The molecule has 1 atom stereocenters. The average Bonchev–Trinajstić information content (AvgIpc) is 3.26. The molecule has 0 aliphatic carbocycles. The molecule has 0 N–H and O–H groups in total. The first-order valence-corrected chi connectivity index (χ1v) is 8.85. The molecule has 4 nitrogen and oxygen atoms in total. The minimum absolute atomic E-state index is 0.158. The Morgan fingerprint density at radius 2 is 1.71 bits per heavy atom. The van der Waals surface area contributed by atoms with Crippen LogP contribution in [0.4, 0.5) is 4.39 Å². The number of nitrogens with zero attached hydrogens (tertiary/aromatic N) is 1. The third kappa shape index (κ3) is 2.64. The molecule has 5 heteroatoms. The van der Waals surface area contributed by atoms with Crippen molar-refractivity contribution in [1.82, 2.24) is 4.90 Å². The second-order valence-electron chi connectivity index (χ2n) is 7.48. The van der Waals surface area contributed by atoms with Gasteiger partial charge in [-0.15, -0.1) is 0 Å². The van der Waals surface area contributed by atoms with Crippen LogP contribution in [0.3, 0.4) is 0 Å². The fourth-order valence-electron chi connectivity index (χ4n) is 4.50. The number of benzene rings is 1. The van der Waals surface area contributed by atoms with Gasteiger partial charge in [-0.3, -0.25) is 4.79 Å². The Kier molecular flexibility index (Phi) is 4.09. The van der Waals surface area contributed by atoms with Gasteiger partial charge >= 0.3 is 0 Å². The van der Waals surface area contributed by atoms with Gasteiger partial charge in [0.15, 0.2) is 0 Å². The van der Waals surface area contributed by atoms with Gasteiger partial charge < -0.3 is 14.4 Å². The molecule has 24 heavy (non-hydrogen) atoms. The van der Waals surface area contributed by atoms with Gasteiger partial charge in [-0.2, -0.15) is 0 Å². The monoisotopic (exact) mass is 333 g/mol. The van der Waals surface area contributed by atoms with Crippen molar-refractivity contribution in [3.05, 3.63) is 35.6 Å². The van der Waals surface area contributed by atoms with Crippen LogP contribution in [0, 0.1) is 11.2 Å². The molecule has 3 fully saturated rings. The number of hydrogen-bond donors (Lipinski definition) is 0. The van der Waals surface area contributed by atoms with Crippen molar-refractivity contribution in [2.75, 3.05) is 39.5 Å². The molecular weight excluding hydrogens is 309 g/mol. The highest BCUT2D eigenvalue weighted by Gasteiger charge is 2.49. The highest BCUT2D eigenvalue weighted by atomic mass is 19.1. The van der Waals surface area contributed by atoms with E-state index in [9.17, 15) is 9.18 Å². The first-order chi connectivity index (χ1) is 11.6. The van der Waals surface area contributed by atoms with E-state index in [1.807, 2.05) is 4.90 Å². The van der Waals surface area contributed by atoms with Crippen LogP contribution in [0.2, 0.25) is 0 Å². The summed E-state index contributed by atoms with van der Waals surface area (Å²) in [5, 5.41) is 0. The van der Waals surface area contributed by atoms with E-state index in [1.54, 1.807) is 12.1 Å². The summed E-state index contributed by atoms with van der Waals surface area (Å²) in [6.45, 7) is 4.31. The fraction of sp³-hybridized carbons (Fsp3) is 0.632. The number of likely N-dealkylation sites (tertiary alicyclic amines) is 1. The van der Waals surface area contributed by atoms with E-state index in [4.69, 9.17) is 9.47 Å². The average molecular weight is 333 g/mol. The summed E-state index contributed by atoms with van der Waals surface area (Å²) in [7, 11) is 0. The van der Waals surface area contributed by atoms with Gasteiger partial charge in [0.2, 0.25) is 5.91 Å². The molecule has 1 aromatic rings. The zero-order valence-electron chi connectivity index (χ0n) is 13.9. The van der Waals surface area contributed by atoms with Crippen LogP contribution in [-0.4, -0.2) is 50.3 Å². The van der Waals surface area contributed by atoms with Gasteiger partial charge in [-0.1, -0.05) is 12.1 Å². The third-order valence-electron chi connectivity index (χ3n) is 6.06. The molecular formula is C19H24FNO3. The smallest absolute Gasteiger partial charge is 0.233 e. The molecule has 4 rings (SSSR count). The second kappa shape index (κ2) is 6.12. The fourth-order valence-corrected chi connectivity index (χ4v) is 4.50. The van der Waals surface area contributed by atoms with Crippen molar-refractivity contribution < 1.29 is 18.7 Å². The molecule has 3 heterocycles. The van der Waals surface area contributed by atoms with Crippen LogP contribution >= 0.6 is 0 Å². The molecule has 0 bridgehead atoms. The summed E-state index contributed by atoms with van der Waals surface area (Å²) in [6.07, 6.45) is 3.40. The Labute approximate surface area is 141 Å². The number of rotatable bonds is 2.